The van der Waals surface area contributed by atoms with Crippen LogP contribution in [-0.2, 0) is 6.42 Å². The van der Waals surface area contributed by atoms with Crippen LogP contribution >= 0.6 is 11.3 Å². The third-order valence-corrected chi connectivity index (χ3v) is 3.34. The molecule has 4 nitrogen and oxygen atoms in total. The van der Waals surface area contributed by atoms with Gasteiger partial charge in [0.05, 0.1) is 6.20 Å². The molecular formula is C12H15FN4S. The van der Waals surface area contributed by atoms with E-state index in [1.807, 2.05) is 18.4 Å². The summed E-state index contributed by atoms with van der Waals surface area (Å²) in [6.45, 7) is 2.00. The van der Waals surface area contributed by atoms with Crippen LogP contribution in [0.15, 0.2) is 23.7 Å². The second kappa shape index (κ2) is 5.77. The Kier molecular flexibility index (Phi) is 4.09. The van der Waals surface area contributed by atoms with Crippen molar-refractivity contribution in [3.8, 4) is 0 Å². The van der Waals surface area contributed by atoms with Gasteiger partial charge in [-0.05, 0) is 18.4 Å². The molecule has 0 amide bonds. The van der Waals surface area contributed by atoms with Gasteiger partial charge < -0.3 is 10.6 Å². The molecule has 0 saturated heterocycles. The molecule has 0 aliphatic heterocycles. The molecule has 2 heterocycles. The lowest BCUT2D eigenvalue weighted by Crippen LogP contribution is -2.19. The van der Waals surface area contributed by atoms with Crippen LogP contribution in [0.4, 0.5) is 16.2 Å². The van der Waals surface area contributed by atoms with Gasteiger partial charge in [-0.1, -0.05) is 6.07 Å². The van der Waals surface area contributed by atoms with Crippen molar-refractivity contribution in [2.75, 3.05) is 17.7 Å². The first-order valence-electron chi connectivity index (χ1n) is 5.68. The Balaban J connectivity index is 2.04. The van der Waals surface area contributed by atoms with Crippen LogP contribution in [0, 0.1) is 5.82 Å². The lowest BCUT2D eigenvalue weighted by atomic mass is 10.2. The maximum atomic E-state index is 13.5. The molecular weight excluding hydrogens is 251 g/mol. The van der Waals surface area contributed by atoms with Crippen molar-refractivity contribution in [1.82, 2.24) is 9.97 Å². The van der Waals surface area contributed by atoms with Gasteiger partial charge in [-0.2, -0.15) is 4.98 Å². The van der Waals surface area contributed by atoms with Crippen LogP contribution in [0.3, 0.4) is 0 Å². The quantitative estimate of drug-likeness (QED) is 0.873. The summed E-state index contributed by atoms with van der Waals surface area (Å²) in [6.07, 6.45) is 2.01. The molecule has 0 saturated carbocycles. The van der Waals surface area contributed by atoms with E-state index in [4.69, 9.17) is 0 Å². The largest absolute Gasteiger partial charge is 0.365 e. The van der Waals surface area contributed by atoms with Crippen LogP contribution in [0.1, 0.15) is 11.8 Å². The summed E-state index contributed by atoms with van der Waals surface area (Å²) in [5.74, 6) is 0.202. The molecule has 2 N–H and O–H groups in total. The molecule has 96 valence electrons. The fourth-order valence-corrected chi connectivity index (χ4v) is 2.44. The minimum absolute atomic E-state index is 0.109. The second-order valence-corrected chi connectivity index (χ2v) is 5.00. The van der Waals surface area contributed by atoms with E-state index in [0.717, 1.165) is 6.42 Å². The fourth-order valence-electron chi connectivity index (χ4n) is 1.60. The van der Waals surface area contributed by atoms with Crippen LogP contribution in [0.5, 0.6) is 0 Å². The summed E-state index contributed by atoms with van der Waals surface area (Å²) >= 11 is 1.69. The Labute approximate surface area is 109 Å². The molecule has 1 unspecified atom stereocenters. The number of hydrogen-bond acceptors (Lipinski definition) is 5. The second-order valence-electron chi connectivity index (χ2n) is 3.97. The number of anilines is 2. The molecule has 18 heavy (non-hydrogen) atoms. The number of rotatable bonds is 5. The van der Waals surface area contributed by atoms with Crippen LogP contribution in [-0.4, -0.2) is 23.1 Å². The van der Waals surface area contributed by atoms with Gasteiger partial charge in [-0.15, -0.1) is 11.3 Å². The van der Waals surface area contributed by atoms with E-state index in [1.54, 1.807) is 18.4 Å². The molecule has 2 aromatic heterocycles. The van der Waals surface area contributed by atoms with Crippen molar-refractivity contribution in [1.29, 1.82) is 0 Å². The predicted molar refractivity (Wildman–Crippen MR) is 72.6 cm³/mol. The highest BCUT2D eigenvalue weighted by atomic mass is 32.1. The molecule has 0 spiro atoms. The monoisotopic (exact) mass is 266 g/mol. The summed E-state index contributed by atoms with van der Waals surface area (Å²) in [5.41, 5.74) is 0. The van der Waals surface area contributed by atoms with Crippen molar-refractivity contribution in [3.63, 3.8) is 0 Å². The van der Waals surface area contributed by atoms with E-state index in [0.29, 0.717) is 5.95 Å². The van der Waals surface area contributed by atoms with Gasteiger partial charge in [-0.3, -0.25) is 0 Å². The third-order valence-electron chi connectivity index (χ3n) is 2.44. The first-order valence-corrected chi connectivity index (χ1v) is 6.56. The third kappa shape index (κ3) is 3.16. The molecule has 0 radical (unpaired) electrons. The normalized spacial score (nSPS) is 12.2. The zero-order valence-corrected chi connectivity index (χ0v) is 11.1. The zero-order valence-electron chi connectivity index (χ0n) is 10.3. The van der Waals surface area contributed by atoms with E-state index in [-0.39, 0.29) is 11.9 Å². The number of aromatic nitrogens is 2. The molecule has 0 bridgehead atoms. The highest BCUT2D eigenvalue weighted by molar-refractivity contribution is 7.09. The van der Waals surface area contributed by atoms with Crippen LogP contribution in [0.2, 0.25) is 0 Å². The number of thiophene rings is 1. The Morgan fingerprint density at radius 1 is 1.50 bits per heavy atom. The summed E-state index contributed by atoms with van der Waals surface area (Å²) in [5, 5.41) is 7.88. The minimum Gasteiger partial charge on any atom is -0.365 e. The molecule has 2 rings (SSSR count). The van der Waals surface area contributed by atoms with E-state index in [9.17, 15) is 4.39 Å². The standard InChI is InChI=1S/C12H15FN4S/c1-8(6-9-4-3-5-18-9)16-11-10(13)7-15-12(14-2)17-11/h3-5,7-8H,6H2,1-2H3,(H2,14,15,16,17). The molecule has 1 atom stereocenters. The van der Waals surface area contributed by atoms with Crippen molar-refractivity contribution in [2.24, 2.45) is 0 Å². The van der Waals surface area contributed by atoms with Crippen molar-refractivity contribution in [2.45, 2.75) is 19.4 Å². The number of nitrogens with one attached hydrogen (secondary N) is 2. The van der Waals surface area contributed by atoms with Gasteiger partial charge in [0.25, 0.3) is 0 Å². The van der Waals surface area contributed by atoms with E-state index in [1.165, 1.54) is 11.1 Å². The summed E-state index contributed by atoms with van der Waals surface area (Å²) < 4.78 is 13.5. The molecule has 6 heteroatoms. The van der Waals surface area contributed by atoms with Crippen molar-refractivity contribution < 1.29 is 4.39 Å². The average Bonchev–Trinajstić information content (AvgIpc) is 2.84. The number of halogens is 1. The van der Waals surface area contributed by atoms with Crippen LogP contribution < -0.4 is 10.6 Å². The lowest BCUT2D eigenvalue weighted by Gasteiger charge is -2.14. The Morgan fingerprint density at radius 3 is 3.00 bits per heavy atom. The van der Waals surface area contributed by atoms with E-state index in [2.05, 4.69) is 26.7 Å². The van der Waals surface area contributed by atoms with Crippen molar-refractivity contribution >= 4 is 23.1 Å². The minimum atomic E-state index is -0.438. The van der Waals surface area contributed by atoms with Gasteiger partial charge in [0, 0.05) is 24.4 Å². The van der Waals surface area contributed by atoms with Gasteiger partial charge in [-0.25, -0.2) is 9.37 Å². The lowest BCUT2D eigenvalue weighted by molar-refractivity contribution is 0.612. The topological polar surface area (TPSA) is 49.8 Å². The van der Waals surface area contributed by atoms with Crippen LogP contribution in [0.25, 0.3) is 0 Å². The van der Waals surface area contributed by atoms with Crippen molar-refractivity contribution in [3.05, 3.63) is 34.4 Å². The summed E-state index contributed by atoms with van der Waals surface area (Å²) in [6, 6.07) is 4.19. The van der Waals surface area contributed by atoms with E-state index >= 15 is 0 Å². The SMILES string of the molecule is CNc1ncc(F)c(NC(C)Cc2cccs2)n1. The van der Waals surface area contributed by atoms with E-state index < -0.39 is 5.82 Å². The molecule has 0 aromatic carbocycles. The highest BCUT2D eigenvalue weighted by Gasteiger charge is 2.10. The van der Waals surface area contributed by atoms with Gasteiger partial charge in [0.1, 0.15) is 0 Å². The summed E-state index contributed by atoms with van der Waals surface area (Å²) in [4.78, 5) is 9.12. The Morgan fingerprint density at radius 2 is 2.33 bits per heavy atom. The predicted octanol–water partition coefficient (Wildman–Crippen LogP) is 2.76. The smallest absolute Gasteiger partial charge is 0.224 e. The first-order chi connectivity index (χ1) is 8.69. The number of hydrogen-bond donors (Lipinski definition) is 2. The first kappa shape index (κ1) is 12.8. The summed E-state index contributed by atoms with van der Waals surface area (Å²) in [7, 11) is 1.70. The highest BCUT2D eigenvalue weighted by Crippen LogP contribution is 2.16. The van der Waals surface area contributed by atoms with Gasteiger partial charge >= 0.3 is 0 Å². The van der Waals surface area contributed by atoms with Gasteiger partial charge in [0.15, 0.2) is 11.6 Å². The molecule has 0 aliphatic carbocycles. The zero-order chi connectivity index (χ0) is 13.0. The average molecular weight is 266 g/mol. The Hall–Kier alpha value is -1.69. The number of nitrogens with zero attached hydrogens (tertiary/aromatic N) is 2. The maximum Gasteiger partial charge on any atom is 0.224 e. The Bertz CT molecular complexity index is 501. The maximum absolute atomic E-state index is 13.5. The molecule has 0 fully saturated rings. The van der Waals surface area contributed by atoms with Gasteiger partial charge in [0.2, 0.25) is 5.95 Å². The fraction of sp³-hybridized carbons (Fsp3) is 0.333. The molecule has 0 aliphatic rings. The molecule has 2 aromatic rings.